The number of aliphatic carboxylic acids is 1. The topological polar surface area (TPSA) is 75.4 Å². The van der Waals surface area contributed by atoms with Crippen LogP contribution in [-0.4, -0.2) is 38.5 Å². The molecular weight excluding hydrogens is 234 g/mol. The molecule has 2 unspecified atom stereocenters. The quantitative estimate of drug-likeness (QED) is 0.839. The summed E-state index contributed by atoms with van der Waals surface area (Å²) in [5, 5.41) is 8.90. The zero-order chi connectivity index (χ0) is 13.9. The van der Waals surface area contributed by atoms with Crippen molar-refractivity contribution in [2.45, 2.75) is 20.4 Å². The van der Waals surface area contributed by atoms with Gasteiger partial charge in [-0.3, -0.25) is 9.59 Å². The molecule has 0 fully saturated rings. The standard InChI is InChI=1S/C12H19N3O3/c1-8(9(2)12(17)18)11(16)15(4)7-10-13-5-6-14(10)3/h5-6,8-9H,7H2,1-4H3,(H,17,18). The maximum atomic E-state index is 12.1. The van der Waals surface area contributed by atoms with Gasteiger partial charge in [0.25, 0.3) is 0 Å². The molecule has 0 aromatic carbocycles. The van der Waals surface area contributed by atoms with Crippen LogP contribution in [0, 0.1) is 11.8 Å². The van der Waals surface area contributed by atoms with E-state index in [4.69, 9.17) is 5.11 Å². The van der Waals surface area contributed by atoms with E-state index in [0.717, 1.165) is 5.82 Å². The van der Waals surface area contributed by atoms with Gasteiger partial charge in [0.15, 0.2) is 0 Å². The van der Waals surface area contributed by atoms with E-state index in [1.54, 1.807) is 33.3 Å². The van der Waals surface area contributed by atoms with Gasteiger partial charge in [-0.15, -0.1) is 0 Å². The molecule has 1 aromatic heterocycles. The van der Waals surface area contributed by atoms with Crippen LogP contribution in [0.5, 0.6) is 0 Å². The van der Waals surface area contributed by atoms with Crippen LogP contribution in [0.4, 0.5) is 0 Å². The molecule has 0 spiro atoms. The Morgan fingerprint density at radius 2 is 2.06 bits per heavy atom. The maximum Gasteiger partial charge on any atom is 0.307 e. The second kappa shape index (κ2) is 5.66. The smallest absolute Gasteiger partial charge is 0.307 e. The van der Waals surface area contributed by atoms with E-state index < -0.39 is 17.8 Å². The van der Waals surface area contributed by atoms with Gasteiger partial charge in [-0.1, -0.05) is 13.8 Å². The largest absolute Gasteiger partial charge is 0.481 e. The van der Waals surface area contributed by atoms with Crippen molar-refractivity contribution in [3.63, 3.8) is 0 Å². The number of nitrogens with zero attached hydrogens (tertiary/aromatic N) is 3. The zero-order valence-electron chi connectivity index (χ0n) is 11.1. The lowest BCUT2D eigenvalue weighted by molar-refractivity contribution is -0.148. The van der Waals surface area contributed by atoms with Gasteiger partial charge in [0.05, 0.1) is 12.5 Å². The van der Waals surface area contributed by atoms with Gasteiger partial charge in [0.2, 0.25) is 5.91 Å². The predicted octanol–water partition coefficient (Wildman–Crippen LogP) is 0.735. The second-order valence-electron chi connectivity index (χ2n) is 4.56. The van der Waals surface area contributed by atoms with E-state index in [1.165, 1.54) is 4.90 Å². The van der Waals surface area contributed by atoms with Crippen molar-refractivity contribution in [2.75, 3.05) is 7.05 Å². The summed E-state index contributed by atoms with van der Waals surface area (Å²) in [5.41, 5.74) is 0. The average Bonchev–Trinajstić information content (AvgIpc) is 2.71. The Kier molecular flexibility index (Phi) is 4.47. The highest BCUT2D eigenvalue weighted by Gasteiger charge is 2.28. The molecule has 1 rings (SSSR count). The van der Waals surface area contributed by atoms with Crippen molar-refractivity contribution in [3.8, 4) is 0 Å². The van der Waals surface area contributed by atoms with Crippen molar-refractivity contribution in [3.05, 3.63) is 18.2 Å². The fourth-order valence-corrected chi connectivity index (χ4v) is 1.61. The van der Waals surface area contributed by atoms with E-state index in [2.05, 4.69) is 4.98 Å². The predicted molar refractivity (Wildman–Crippen MR) is 65.6 cm³/mol. The fraction of sp³-hybridized carbons (Fsp3) is 0.583. The Hall–Kier alpha value is -1.85. The monoisotopic (exact) mass is 253 g/mol. The highest BCUT2D eigenvalue weighted by molar-refractivity contribution is 5.84. The van der Waals surface area contributed by atoms with Crippen LogP contribution in [0.3, 0.4) is 0 Å². The van der Waals surface area contributed by atoms with Gasteiger partial charge in [-0.25, -0.2) is 4.98 Å². The molecule has 0 bridgehead atoms. The number of imidazole rings is 1. The van der Waals surface area contributed by atoms with Gasteiger partial charge in [-0.05, 0) is 0 Å². The van der Waals surface area contributed by atoms with Crippen molar-refractivity contribution in [1.82, 2.24) is 14.5 Å². The lowest BCUT2D eigenvalue weighted by Crippen LogP contribution is -2.36. The summed E-state index contributed by atoms with van der Waals surface area (Å²) >= 11 is 0. The Morgan fingerprint density at radius 3 is 2.50 bits per heavy atom. The molecule has 0 aliphatic heterocycles. The van der Waals surface area contributed by atoms with E-state index in [1.807, 2.05) is 11.6 Å². The molecular formula is C12H19N3O3. The van der Waals surface area contributed by atoms with E-state index in [-0.39, 0.29) is 5.91 Å². The van der Waals surface area contributed by atoms with Crippen LogP contribution < -0.4 is 0 Å². The summed E-state index contributed by atoms with van der Waals surface area (Å²) in [4.78, 5) is 28.5. The Labute approximate surface area is 106 Å². The Balaban J connectivity index is 2.67. The molecule has 18 heavy (non-hydrogen) atoms. The number of hydrogen-bond donors (Lipinski definition) is 1. The molecule has 0 radical (unpaired) electrons. The van der Waals surface area contributed by atoms with Crippen molar-refractivity contribution in [2.24, 2.45) is 18.9 Å². The molecule has 1 heterocycles. The summed E-state index contributed by atoms with van der Waals surface area (Å²) in [6, 6.07) is 0. The number of rotatable bonds is 5. The molecule has 0 aliphatic rings. The minimum absolute atomic E-state index is 0.187. The van der Waals surface area contributed by atoms with Gasteiger partial charge in [-0.2, -0.15) is 0 Å². The minimum atomic E-state index is -0.957. The van der Waals surface area contributed by atoms with Gasteiger partial charge in [0.1, 0.15) is 5.82 Å². The highest BCUT2D eigenvalue weighted by Crippen LogP contribution is 2.15. The number of carboxylic acid groups (broad SMARTS) is 1. The van der Waals surface area contributed by atoms with E-state index in [0.29, 0.717) is 6.54 Å². The van der Waals surface area contributed by atoms with Crippen molar-refractivity contribution in [1.29, 1.82) is 0 Å². The number of amides is 1. The van der Waals surface area contributed by atoms with Crippen LogP contribution in [0.1, 0.15) is 19.7 Å². The zero-order valence-corrected chi connectivity index (χ0v) is 11.1. The molecule has 6 nitrogen and oxygen atoms in total. The molecule has 1 aromatic rings. The van der Waals surface area contributed by atoms with Gasteiger partial charge < -0.3 is 14.6 Å². The first-order valence-corrected chi connectivity index (χ1v) is 5.78. The Bertz CT molecular complexity index is 442. The molecule has 0 aliphatic carbocycles. The number of carboxylic acids is 1. The number of carbonyl (C=O) groups excluding carboxylic acids is 1. The number of carbonyl (C=O) groups is 2. The Morgan fingerprint density at radius 1 is 1.44 bits per heavy atom. The summed E-state index contributed by atoms with van der Waals surface area (Å²) < 4.78 is 1.83. The maximum absolute atomic E-state index is 12.1. The van der Waals surface area contributed by atoms with Crippen molar-refractivity contribution >= 4 is 11.9 Å². The van der Waals surface area contributed by atoms with Crippen LogP contribution in [-0.2, 0) is 23.2 Å². The van der Waals surface area contributed by atoms with Crippen molar-refractivity contribution < 1.29 is 14.7 Å². The van der Waals surface area contributed by atoms with Crippen LogP contribution in [0.2, 0.25) is 0 Å². The lowest BCUT2D eigenvalue weighted by atomic mass is 9.95. The molecule has 2 atom stereocenters. The molecule has 100 valence electrons. The lowest BCUT2D eigenvalue weighted by Gasteiger charge is -2.23. The van der Waals surface area contributed by atoms with E-state index >= 15 is 0 Å². The van der Waals surface area contributed by atoms with Gasteiger partial charge in [0, 0.05) is 32.4 Å². The van der Waals surface area contributed by atoms with Gasteiger partial charge >= 0.3 is 5.97 Å². The number of hydrogen-bond acceptors (Lipinski definition) is 3. The first-order chi connectivity index (χ1) is 8.34. The highest BCUT2D eigenvalue weighted by atomic mass is 16.4. The molecule has 1 N–H and O–H groups in total. The van der Waals surface area contributed by atoms with Crippen LogP contribution in [0.25, 0.3) is 0 Å². The molecule has 0 saturated heterocycles. The normalized spacial score (nSPS) is 14.0. The summed E-state index contributed by atoms with van der Waals surface area (Å²) in [7, 11) is 3.51. The SMILES string of the molecule is CC(C(=O)O)C(C)C(=O)N(C)Cc1nccn1C. The third-order valence-electron chi connectivity index (χ3n) is 3.20. The summed E-state index contributed by atoms with van der Waals surface area (Å²) in [5.74, 6) is -1.62. The van der Waals surface area contributed by atoms with E-state index in [9.17, 15) is 9.59 Å². The molecule has 1 amide bonds. The van der Waals surface area contributed by atoms with Crippen LogP contribution in [0.15, 0.2) is 12.4 Å². The fourth-order valence-electron chi connectivity index (χ4n) is 1.61. The second-order valence-corrected chi connectivity index (χ2v) is 4.56. The third kappa shape index (κ3) is 3.09. The third-order valence-corrected chi connectivity index (χ3v) is 3.20. The first kappa shape index (κ1) is 14.2. The molecule has 6 heteroatoms. The minimum Gasteiger partial charge on any atom is -0.481 e. The average molecular weight is 253 g/mol. The number of aryl methyl sites for hydroxylation is 1. The van der Waals surface area contributed by atoms with Crippen LogP contribution >= 0.6 is 0 Å². The summed E-state index contributed by atoms with van der Waals surface area (Å²) in [6.07, 6.45) is 3.47. The summed E-state index contributed by atoms with van der Waals surface area (Å²) in [6.45, 7) is 3.55. The first-order valence-electron chi connectivity index (χ1n) is 5.78. The number of aromatic nitrogens is 2. The molecule has 0 saturated carbocycles.